The number of benzene rings is 2. The van der Waals surface area contributed by atoms with Gasteiger partial charge in [0.25, 0.3) is 10.0 Å². The Bertz CT molecular complexity index is 1230. The predicted molar refractivity (Wildman–Crippen MR) is 120 cm³/mol. The van der Waals surface area contributed by atoms with Crippen LogP contribution in [-0.2, 0) is 15.4 Å². The van der Waals surface area contributed by atoms with E-state index in [1.807, 2.05) is 19.2 Å². The van der Waals surface area contributed by atoms with Gasteiger partial charge in [-0.2, -0.15) is 0 Å². The predicted octanol–water partition coefficient (Wildman–Crippen LogP) is 5.03. The SMILES string of the molecule is CN1CC=C(c2cn(S(=O)(=O)c3ccc(C(C)(C)C)cc3)c3cccc(F)c23)CC1. The van der Waals surface area contributed by atoms with E-state index in [-0.39, 0.29) is 10.3 Å². The molecule has 1 aliphatic heterocycles. The van der Waals surface area contributed by atoms with Gasteiger partial charge in [-0.1, -0.05) is 45.0 Å². The van der Waals surface area contributed by atoms with Crippen LogP contribution < -0.4 is 0 Å². The van der Waals surface area contributed by atoms with E-state index in [0.717, 1.165) is 30.6 Å². The lowest BCUT2D eigenvalue weighted by Gasteiger charge is -2.21. The first kappa shape index (κ1) is 20.8. The Morgan fingerprint density at radius 3 is 2.33 bits per heavy atom. The molecule has 30 heavy (non-hydrogen) atoms. The third-order valence-corrected chi connectivity index (χ3v) is 7.47. The quantitative estimate of drug-likeness (QED) is 0.590. The highest BCUT2D eigenvalue weighted by Gasteiger charge is 2.25. The van der Waals surface area contributed by atoms with Crippen molar-refractivity contribution in [1.82, 2.24) is 8.87 Å². The van der Waals surface area contributed by atoms with Gasteiger partial charge in [0.1, 0.15) is 5.82 Å². The fourth-order valence-corrected chi connectivity index (χ4v) is 5.27. The molecule has 1 aliphatic rings. The molecule has 0 radical (unpaired) electrons. The van der Waals surface area contributed by atoms with Crippen LogP contribution in [0, 0.1) is 5.82 Å². The second-order valence-electron chi connectivity index (χ2n) is 8.99. The summed E-state index contributed by atoms with van der Waals surface area (Å²) in [4.78, 5) is 2.37. The Morgan fingerprint density at radius 1 is 1.03 bits per heavy atom. The van der Waals surface area contributed by atoms with Crippen LogP contribution in [0.2, 0.25) is 0 Å². The van der Waals surface area contributed by atoms with Crippen molar-refractivity contribution in [3.8, 4) is 0 Å². The summed E-state index contributed by atoms with van der Waals surface area (Å²) in [6, 6.07) is 11.6. The van der Waals surface area contributed by atoms with Gasteiger partial charge in [-0.15, -0.1) is 0 Å². The number of hydrogen-bond donors (Lipinski definition) is 0. The molecule has 6 heteroatoms. The highest BCUT2D eigenvalue weighted by molar-refractivity contribution is 7.90. The van der Waals surface area contributed by atoms with E-state index in [2.05, 4.69) is 31.7 Å². The van der Waals surface area contributed by atoms with Crippen LogP contribution in [0.3, 0.4) is 0 Å². The van der Waals surface area contributed by atoms with Crippen molar-refractivity contribution in [2.75, 3.05) is 20.1 Å². The number of aromatic nitrogens is 1. The summed E-state index contributed by atoms with van der Waals surface area (Å²) in [6.45, 7) is 7.87. The first-order valence-corrected chi connectivity index (χ1v) is 11.6. The molecule has 0 saturated carbocycles. The molecule has 0 fully saturated rings. The van der Waals surface area contributed by atoms with E-state index >= 15 is 0 Å². The fourth-order valence-electron chi connectivity index (χ4n) is 3.91. The van der Waals surface area contributed by atoms with Crippen LogP contribution in [0.4, 0.5) is 4.39 Å². The summed E-state index contributed by atoms with van der Waals surface area (Å²) in [7, 11) is -1.83. The number of fused-ring (bicyclic) bond motifs is 1. The lowest BCUT2D eigenvalue weighted by Crippen LogP contribution is -2.23. The van der Waals surface area contributed by atoms with Gasteiger partial charge in [-0.3, -0.25) is 0 Å². The number of nitrogens with zero attached hydrogens (tertiary/aromatic N) is 2. The molecule has 0 bridgehead atoms. The zero-order valence-corrected chi connectivity index (χ0v) is 18.6. The maximum absolute atomic E-state index is 14.8. The molecule has 0 atom stereocenters. The Balaban J connectivity index is 1.88. The van der Waals surface area contributed by atoms with Crippen LogP contribution in [0.25, 0.3) is 16.5 Å². The normalized spacial score (nSPS) is 16.1. The maximum Gasteiger partial charge on any atom is 0.268 e. The van der Waals surface area contributed by atoms with Crippen molar-refractivity contribution < 1.29 is 12.8 Å². The molecule has 0 saturated heterocycles. The van der Waals surface area contributed by atoms with E-state index in [0.29, 0.717) is 16.5 Å². The van der Waals surface area contributed by atoms with Crippen LogP contribution in [0.1, 0.15) is 38.3 Å². The smallest absolute Gasteiger partial charge is 0.268 e. The molecule has 0 N–H and O–H groups in total. The van der Waals surface area contributed by atoms with Crippen LogP contribution >= 0.6 is 0 Å². The van der Waals surface area contributed by atoms with Crippen molar-refractivity contribution in [2.45, 2.75) is 37.5 Å². The summed E-state index contributed by atoms with van der Waals surface area (Å²) in [5.74, 6) is -0.403. The van der Waals surface area contributed by atoms with Gasteiger partial charge in [-0.25, -0.2) is 16.8 Å². The Morgan fingerprint density at radius 2 is 1.73 bits per heavy atom. The molecule has 0 amide bonds. The molecular weight excluding hydrogens is 399 g/mol. The lowest BCUT2D eigenvalue weighted by atomic mass is 9.87. The monoisotopic (exact) mass is 426 g/mol. The van der Waals surface area contributed by atoms with Gasteiger partial charge in [0, 0.05) is 30.2 Å². The molecule has 158 valence electrons. The Hall–Kier alpha value is -2.44. The lowest BCUT2D eigenvalue weighted by molar-refractivity contribution is 0.370. The summed E-state index contributed by atoms with van der Waals surface area (Å²) in [5, 5.41) is 0.364. The molecule has 0 spiro atoms. The average molecular weight is 427 g/mol. The minimum atomic E-state index is -3.86. The highest BCUT2D eigenvalue weighted by Crippen LogP contribution is 2.35. The summed E-state index contributed by atoms with van der Waals surface area (Å²) < 4.78 is 43.0. The zero-order chi connectivity index (χ0) is 21.7. The number of rotatable bonds is 3. The van der Waals surface area contributed by atoms with E-state index < -0.39 is 15.8 Å². The number of hydrogen-bond acceptors (Lipinski definition) is 3. The molecule has 1 aromatic heterocycles. The van der Waals surface area contributed by atoms with Gasteiger partial charge in [-0.05, 0) is 54.3 Å². The van der Waals surface area contributed by atoms with Crippen molar-refractivity contribution in [3.05, 3.63) is 71.7 Å². The average Bonchev–Trinajstić information content (AvgIpc) is 3.10. The Kier molecular flexibility index (Phi) is 5.11. The summed E-state index contributed by atoms with van der Waals surface area (Å²) in [5.41, 5.74) is 3.00. The molecule has 4 nitrogen and oxygen atoms in total. The van der Waals surface area contributed by atoms with Crippen LogP contribution in [0.15, 0.2) is 59.6 Å². The first-order chi connectivity index (χ1) is 14.1. The van der Waals surface area contributed by atoms with E-state index in [4.69, 9.17) is 0 Å². The second kappa shape index (κ2) is 7.36. The number of likely N-dealkylation sites (N-methyl/N-ethyl adjacent to an activating group) is 1. The van der Waals surface area contributed by atoms with Gasteiger partial charge in [0.2, 0.25) is 0 Å². The van der Waals surface area contributed by atoms with Gasteiger partial charge < -0.3 is 4.90 Å². The third-order valence-electron chi connectivity index (χ3n) is 5.78. The van der Waals surface area contributed by atoms with Gasteiger partial charge >= 0.3 is 0 Å². The summed E-state index contributed by atoms with van der Waals surface area (Å²) in [6.07, 6.45) is 4.39. The third kappa shape index (κ3) is 3.59. The minimum Gasteiger partial charge on any atom is -0.302 e. The van der Waals surface area contributed by atoms with Crippen molar-refractivity contribution in [1.29, 1.82) is 0 Å². The molecule has 0 aliphatic carbocycles. The minimum absolute atomic E-state index is 0.0701. The van der Waals surface area contributed by atoms with E-state index in [1.54, 1.807) is 30.5 Å². The first-order valence-electron chi connectivity index (χ1n) is 10.1. The number of halogens is 1. The van der Waals surface area contributed by atoms with Crippen LogP contribution in [0.5, 0.6) is 0 Å². The van der Waals surface area contributed by atoms with Crippen LogP contribution in [-0.4, -0.2) is 37.4 Å². The molecule has 0 unspecified atom stereocenters. The maximum atomic E-state index is 14.8. The largest absolute Gasteiger partial charge is 0.302 e. The topological polar surface area (TPSA) is 42.3 Å². The van der Waals surface area contributed by atoms with Gasteiger partial charge in [0.15, 0.2) is 0 Å². The molecule has 4 rings (SSSR count). The Labute approximate surface area is 177 Å². The van der Waals surface area contributed by atoms with Crippen molar-refractivity contribution in [3.63, 3.8) is 0 Å². The molecule has 2 aromatic carbocycles. The standard InChI is InChI=1S/C24H27FN2O2S/c1-24(2,3)18-8-10-19(11-9-18)30(28,29)27-16-20(17-12-14-26(4)15-13-17)23-21(25)6-5-7-22(23)27/h5-12,16H,13-15H2,1-4H3. The van der Waals surface area contributed by atoms with Gasteiger partial charge in [0.05, 0.1) is 10.4 Å². The molecular formula is C24H27FN2O2S. The molecule has 3 aromatic rings. The summed E-state index contributed by atoms with van der Waals surface area (Å²) >= 11 is 0. The fraction of sp³-hybridized carbons (Fsp3) is 0.333. The van der Waals surface area contributed by atoms with Crippen molar-refractivity contribution in [2.24, 2.45) is 0 Å². The second-order valence-corrected chi connectivity index (χ2v) is 10.8. The van der Waals surface area contributed by atoms with E-state index in [1.165, 1.54) is 10.0 Å². The van der Waals surface area contributed by atoms with Crippen molar-refractivity contribution >= 4 is 26.5 Å². The highest BCUT2D eigenvalue weighted by atomic mass is 32.2. The zero-order valence-electron chi connectivity index (χ0n) is 17.8. The molecule has 2 heterocycles. The van der Waals surface area contributed by atoms with E-state index in [9.17, 15) is 12.8 Å².